The molecule has 1 N–H and O–H groups in total. The summed E-state index contributed by atoms with van der Waals surface area (Å²) in [4.78, 5) is 23.9. The molecule has 2 aromatic rings. The Bertz CT molecular complexity index is 768. The van der Waals surface area contributed by atoms with Gasteiger partial charge in [-0.2, -0.15) is 0 Å². The highest BCUT2D eigenvalue weighted by Gasteiger charge is 2.13. The quantitative estimate of drug-likeness (QED) is 0.774. The second-order valence-corrected chi connectivity index (χ2v) is 6.32. The van der Waals surface area contributed by atoms with Crippen LogP contribution in [0.15, 0.2) is 42.5 Å². The first-order valence-electron chi connectivity index (χ1n) is 8.54. The Kier molecular flexibility index (Phi) is 6.78. The fourth-order valence-corrected chi connectivity index (χ4v) is 2.51. The number of hydrogen-bond acceptors (Lipinski definition) is 4. The average Bonchev–Trinajstić information content (AvgIpc) is 2.63. The van der Waals surface area contributed by atoms with Crippen molar-refractivity contribution in [3.63, 3.8) is 0 Å². The molecule has 0 bridgehead atoms. The van der Waals surface area contributed by atoms with E-state index in [1.165, 1.54) is 11.1 Å². The van der Waals surface area contributed by atoms with Crippen LogP contribution in [0.3, 0.4) is 0 Å². The van der Waals surface area contributed by atoms with Crippen LogP contribution < -0.4 is 10.1 Å². The molecule has 26 heavy (non-hydrogen) atoms. The molecule has 0 heterocycles. The van der Waals surface area contributed by atoms with Gasteiger partial charge in [-0.1, -0.05) is 30.3 Å². The van der Waals surface area contributed by atoms with Crippen molar-refractivity contribution in [1.29, 1.82) is 0 Å². The highest BCUT2D eigenvalue weighted by atomic mass is 16.5. The third kappa shape index (κ3) is 5.62. The van der Waals surface area contributed by atoms with Gasteiger partial charge in [-0.15, -0.1) is 0 Å². The minimum absolute atomic E-state index is 0.115. The van der Waals surface area contributed by atoms with Crippen molar-refractivity contribution in [3.05, 3.63) is 64.7 Å². The van der Waals surface area contributed by atoms with Crippen LogP contribution >= 0.6 is 0 Å². The Morgan fingerprint density at radius 2 is 1.73 bits per heavy atom. The van der Waals surface area contributed by atoms with Gasteiger partial charge in [0, 0.05) is 0 Å². The summed E-state index contributed by atoms with van der Waals surface area (Å²) >= 11 is 0. The van der Waals surface area contributed by atoms with E-state index < -0.39 is 5.97 Å². The Morgan fingerprint density at radius 3 is 2.35 bits per heavy atom. The van der Waals surface area contributed by atoms with Crippen molar-refractivity contribution < 1.29 is 19.1 Å². The van der Waals surface area contributed by atoms with Crippen LogP contribution in [0.5, 0.6) is 5.75 Å². The lowest BCUT2D eigenvalue weighted by Gasteiger charge is -2.15. The smallest absolute Gasteiger partial charge is 0.310 e. The van der Waals surface area contributed by atoms with Gasteiger partial charge < -0.3 is 14.8 Å². The minimum atomic E-state index is -0.441. The maximum absolute atomic E-state index is 12.0. The molecule has 1 amide bonds. The van der Waals surface area contributed by atoms with E-state index >= 15 is 0 Å². The molecule has 2 rings (SSSR count). The molecular formula is C21H25NO4. The number of benzene rings is 2. The fourth-order valence-electron chi connectivity index (χ4n) is 2.51. The summed E-state index contributed by atoms with van der Waals surface area (Å²) < 4.78 is 10.1. The lowest BCUT2D eigenvalue weighted by molar-refractivity contribution is -0.148. The molecule has 0 unspecified atom stereocenters. The number of carbonyl (C=O) groups excluding carboxylic acids is 2. The highest BCUT2D eigenvalue weighted by molar-refractivity contribution is 5.81. The van der Waals surface area contributed by atoms with E-state index in [0.29, 0.717) is 0 Å². The Morgan fingerprint density at radius 1 is 1.04 bits per heavy atom. The maximum atomic E-state index is 12.0. The zero-order valence-corrected chi connectivity index (χ0v) is 15.7. The predicted octanol–water partition coefficient (Wildman–Crippen LogP) is 3.28. The van der Waals surface area contributed by atoms with Crippen LogP contribution in [0.25, 0.3) is 0 Å². The fraction of sp³-hybridized carbons (Fsp3) is 0.333. The van der Waals surface area contributed by atoms with Crippen molar-refractivity contribution in [2.75, 3.05) is 13.7 Å². The summed E-state index contributed by atoms with van der Waals surface area (Å²) in [5, 5.41) is 2.84. The van der Waals surface area contributed by atoms with E-state index in [9.17, 15) is 9.59 Å². The van der Waals surface area contributed by atoms with Gasteiger partial charge in [0.15, 0.2) is 6.61 Å². The van der Waals surface area contributed by atoms with Crippen LogP contribution in [0, 0.1) is 13.8 Å². The van der Waals surface area contributed by atoms with Gasteiger partial charge in [0.05, 0.1) is 19.6 Å². The average molecular weight is 355 g/mol. The zero-order valence-electron chi connectivity index (χ0n) is 15.7. The second-order valence-electron chi connectivity index (χ2n) is 6.32. The van der Waals surface area contributed by atoms with Crippen LogP contribution in [0.4, 0.5) is 0 Å². The largest absolute Gasteiger partial charge is 0.497 e. The Hall–Kier alpha value is -2.82. The third-order valence-corrected chi connectivity index (χ3v) is 4.28. The molecule has 0 aliphatic carbocycles. The number of ether oxygens (including phenoxy) is 2. The molecule has 0 aliphatic rings. The van der Waals surface area contributed by atoms with Crippen LogP contribution in [-0.2, 0) is 20.7 Å². The van der Waals surface area contributed by atoms with E-state index in [1.807, 2.05) is 32.9 Å². The number of aryl methyl sites for hydroxylation is 2. The first-order valence-corrected chi connectivity index (χ1v) is 8.54. The van der Waals surface area contributed by atoms with Crippen LogP contribution in [0.2, 0.25) is 0 Å². The summed E-state index contributed by atoms with van der Waals surface area (Å²) in [5.74, 6) is -0.0372. The predicted molar refractivity (Wildman–Crippen MR) is 100 cm³/mol. The van der Waals surface area contributed by atoms with E-state index in [4.69, 9.17) is 9.47 Å². The molecule has 2 aromatic carbocycles. The zero-order chi connectivity index (χ0) is 19.1. The maximum Gasteiger partial charge on any atom is 0.310 e. The van der Waals surface area contributed by atoms with E-state index in [2.05, 4.69) is 11.4 Å². The number of rotatable bonds is 7. The standard InChI is InChI=1S/C21H25NO4/c1-14-5-8-18(11-15(14)2)16(3)22-20(23)13-26-21(24)12-17-6-9-19(25-4)10-7-17/h5-11,16H,12-13H2,1-4H3,(H,22,23)/t16-/m0/s1. The topological polar surface area (TPSA) is 64.6 Å². The van der Waals surface area contributed by atoms with Crippen molar-refractivity contribution in [3.8, 4) is 5.75 Å². The van der Waals surface area contributed by atoms with Crippen molar-refractivity contribution in [2.45, 2.75) is 33.2 Å². The molecule has 0 aliphatic heterocycles. The molecule has 0 fully saturated rings. The molecule has 0 radical (unpaired) electrons. The van der Waals surface area contributed by atoms with Crippen LogP contribution in [0.1, 0.15) is 35.2 Å². The number of carbonyl (C=O) groups is 2. The lowest BCUT2D eigenvalue weighted by Crippen LogP contribution is -2.31. The second kappa shape index (κ2) is 9.04. The molecular weight excluding hydrogens is 330 g/mol. The normalized spacial score (nSPS) is 11.5. The molecule has 5 nitrogen and oxygen atoms in total. The Balaban J connectivity index is 1.79. The molecule has 1 atom stereocenters. The monoisotopic (exact) mass is 355 g/mol. The van der Waals surface area contributed by atoms with Gasteiger partial charge >= 0.3 is 5.97 Å². The first-order chi connectivity index (χ1) is 12.4. The van der Waals surface area contributed by atoms with E-state index in [1.54, 1.807) is 31.4 Å². The molecule has 138 valence electrons. The molecule has 5 heteroatoms. The Labute approximate surface area is 154 Å². The van der Waals surface area contributed by atoms with Crippen molar-refractivity contribution in [2.24, 2.45) is 0 Å². The summed E-state index contributed by atoms with van der Waals surface area (Å²) in [6, 6.07) is 13.1. The minimum Gasteiger partial charge on any atom is -0.497 e. The van der Waals surface area contributed by atoms with Gasteiger partial charge in [-0.05, 0) is 55.2 Å². The molecule has 0 saturated carbocycles. The van der Waals surface area contributed by atoms with Crippen molar-refractivity contribution in [1.82, 2.24) is 5.32 Å². The number of hydrogen-bond donors (Lipinski definition) is 1. The number of nitrogens with one attached hydrogen (secondary N) is 1. The summed E-state index contributed by atoms with van der Waals surface area (Å²) in [6.07, 6.45) is 0.115. The lowest BCUT2D eigenvalue weighted by atomic mass is 10.0. The van der Waals surface area contributed by atoms with Gasteiger partial charge in [0.25, 0.3) is 5.91 Å². The third-order valence-electron chi connectivity index (χ3n) is 4.28. The summed E-state index contributed by atoms with van der Waals surface area (Å²) in [6.45, 7) is 5.70. The molecule has 0 saturated heterocycles. The van der Waals surface area contributed by atoms with E-state index in [0.717, 1.165) is 16.9 Å². The van der Waals surface area contributed by atoms with E-state index in [-0.39, 0.29) is 25.0 Å². The van der Waals surface area contributed by atoms with Crippen LogP contribution in [-0.4, -0.2) is 25.6 Å². The van der Waals surface area contributed by atoms with Gasteiger partial charge in [0.2, 0.25) is 0 Å². The number of esters is 1. The summed E-state index contributed by atoms with van der Waals surface area (Å²) in [5.41, 5.74) is 4.21. The van der Waals surface area contributed by atoms with Gasteiger partial charge in [-0.3, -0.25) is 9.59 Å². The highest BCUT2D eigenvalue weighted by Crippen LogP contribution is 2.16. The number of methoxy groups -OCH3 is 1. The summed E-state index contributed by atoms with van der Waals surface area (Å²) in [7, 11) is 1.58. The number of amides is 1. The van der Waals surface area contributed by atoms with Crippen molar-refractivity contribution >= 4 is 11.9 Å². The SMILES string of the molecule is COc1ccc(CC(=O)OCC(=O)N[C@@H](C)c2ccc(C)c(C)c2)cc1. The first kappa shape index (κ1) is 19.5. The molecule has 0 aromatic heterocycles. The van der Waals surface area contributed by atoms with Gasteiger partial charge in [0.1, 0.15) is 5.75 Å². The van der Waals surface area contributed by atoms with Gasteiger partial charge in [-0.25, -0.2) is 0 Å². The molecule has 0 spiro atoms.